The second-order valence-corrected chi connectivity index (χ2v) is 7.73. The molecule has 1 atom stereocenters. The van der Waals surface area contributed by atoms with Gasteiger partial charge in [-0.2, -0.15) is 5.10 Å². The van der Waals surface area contributed by atoms with Crippen LogP contribution in [0.2, 0.25) is 0 Å². The molecule has 130 valence electrons. The van der Waals surface area contributed by atoms with Crippen LogP contribution in [0.1, 0.15) is 56.7 Å². The van der Waals surface area contributed by atoms with Gasteiger partial charge in [-0.1, -0.05) is 0 Å². The molecule has 0 saturated carbocycles. The van der Waals surface area contributed by atoms with Gasteiger partial charge in [-0.15, -0.1) is 0 Å². The smallest absolute Gasteiger partial charge is 0.255 e. The van der Waals surface area contributed by atoms with E-state index in [1.807, 2.05) is 17.9 Å². The van der Waals surface area contributed by atoms with Crippen LogP contribution < -0.4 is 5.56 Å². The number of likely N-dealkylation sites (tertiary alicyclic amines) is 1. The Bertz CT molecular complexity index is 817. The van der Waals surface area contributed by atoms with Gasteiger partial charge in [-0.3, -0.25) is 18.9 Å². The number of hydrogen-bond acceptors (Lipinski definition) is 3. The van der Waals surface area contributed by atoms with Gasteiger partial charge in [0.2, 0.25) is 0 Å². The lowest BCUT2D eigenvalue weighted by Gasteiger charge is -2.37. The van der Waals surface area contributed by atoms with E-state index in [9.17, 15) is 4.79 Å². The molecule has 2 aromatic heterocycles. The third kappa shape index (κ3) is 2.41. The number of piperidine rings is 1. The molecule has 0 N–H and O–H groups in total. The van der Waals surface area contributed by atoms with E-state index >= 15 is 0 Å². The van der Waals surface area contributed by atoms with Crippen molar-refractivity contribution < 1.29 is 0 Å². The molecule has 0 amide bonds. The van der Waals surface area contributed by atoms with Crippen LogP contribution in [0.25, 0.3) is 11.0 Å². The predicted octanol–water partition coefficient (Wildman–Crippen LogP) is 2.66. The largest absolute Gasteiger partial charge is 0.299 e. The van der Waals surface area contributed by atoms with E-state index in [0.29, 0.717) is 6.04 Å². The van der Waals surface area contributed by atoms with E-state index in [1.54, 1.807) is 0 Å². The van der Waals surface area contributed by atoms with Crippen molar-refractivity contribution in [1.82, 2.24) is 19.2 Å². The third-order valence-corrected chi connectivity index (χ3v) is 5.93. The molecule has 0 bridgehead atoms. The van der Waals surface area contributed by atoms with Crippen molar-refractivity contribution in [3.05, 3.63) is 27.7 Å². The van der Waals surface area contributed by atoms with Crippen LogP contribution in [0.5, 0.6) is 0 Å². The molecule has 5 heteroatoms. The molecule has 0 spiro atoms. The molecule has 4 rings (SSSR count). The third-order valence-electron chi connectivity index (χ3n) is 5.93. The highest BCUT2D eigenvalue weighted by Gasteiger charge is 2.29. The fraction of sp³-hybridized carbons (Fsp3) is 0.684. The molecule has 2 aromatic rings. The molecule has 0 aromatic carbocycles. The van der Waals surface area contributed by atoms with E-state index < -0.39 is 0 Å². The van der Waals surface area contributed by atoms with Crippen LogP contribution in [0, 0.1) is 0 Å². The van der Waals surface area contributed by atoms with E-state index in [4.69, 9.17) is 0 Å². The van der Waals surface area contributed by atoms with E-state index in [2.05, 4.69) is 28.4 Å². The number of aromatic nitrogens is 3. The Balaban J connectivity index is 1.90. The Labute approximate surface area is 143 Å². The first kappa shape index (κ1) is 15.9. The summed E-state index contributed by atoms with van der Waals surface area (Å²) in [5.74, 6) is 0. The number of hydrogen-bond donors (Lipinski definition) is 0. The summed E-state index contributed by atoms with van der Waals surface area (Å²) in [6.45, 7) is 6.61. The van der Waals surface area contributed by atoms with Crippen LogP contribution in [0.15, 0.2) is 11.0 Å². The minimum Gasteiger partial charge on any atom is -0.299 e. The Morgan fingerprint density at radius 3 is 2.67 bits per heavy atom. The van der Waals surface area contributed by atoms with Gasteiger partial charge in [0.05, 0.1) is 12.2 Å². The molecular weight excluding hydrogens is 300 g/mol. The van der Waals surface area contributed by atoms with Crippen LogP contribution in [0.3, 0.4) is 0 Å². The number of rotatable bonds is 2. The minimum absolute atomic E-state index is 0.247. The van der Waals surface area contributed by atoms with E-state index in [0.717, 1.165) is 56.4 Å². The van der Waals surface area contributed by atoms with Crippen LogP contribution in [-0.2, 0) is 19.9 Å². The summed E-state index contributed by atoms with van der Waals surface area (Å²) in [4.78, 5) is 15.9. The molecule has 1 aliphatic carbocycles. The summed E-state index contributed by atoms with van der Waals surface area (Å²) in [5.41, 5.74) is 3.60. The lowest BCUT2D eigenvalue weighted by atomic mass is 9.90. The molecule has 1 saturated heterocycles. The number of pyridine rings is 1. The van der Waals surface area contributed by atoms with Crippen molar-refractivity contribution in [2.45, 2.75) is 64.5 Å². The highest BCUT2D eigenvalue weighted by molar-refractivity contribution is 5.80. The molecule has 2 aliphatic rings. The zero-order chi connectivity index (χ0) is 16.8. The minimum atomic E-state index is 0.247. The molecule has 1 unspecified atom stereocenters. The molecular formula is C19H28N4O. The molecule has 1 aliphatic heterocycles. The lowest BCUT2D eigenvalue weighted by molar-refractivity contribution is 0.142. The van der Waals surface area contributed by atoms with Crippen molar-refractivity contribution in [2.24, 2.45) is 7.05 Å². The number of nitrogens with zero attached hydrogens (tertiary/aromatic N) is 4. The topological polar surface area (TPSA) is 43.1 Å². The van der Waals surface area contributed by atoms with Crippen LogP contribution in [0.4, 0.5) is 0 Å². The highest BCUT2D eigenvalue weighted by Crippen LogP contribution is 2.30. The van der Waals surface area contributed by atoms with Crippen molar-refractivity contribution in [2.75, 3.05) is 13.1 Å². The summed E-state index contributed by atoms with van der Waals surface area (Å²) < 4.78 is 3.99. The fourth-order valence-electron chi connectivity index (χ4n) is 4.61. The van der Waals surface area contributed by atoms with Gasteiger partial charge in [-0.05, 0) is 64.5 Å². The normalized spacial score (nSPS) is 22.2. The Morgan fingerprint density at radius 1 is 1.17 bits per heavy atom. The monoisotopic (exact) mass is 328 g/mol. The summed E-state index contributed by atoms with van der Waals surface area (Å²) in [6.07, 6.45) is 8.49. The first-order valence-corrected chi connectivity index (χ1v) is 9.40. The Kier molecular flexibility index (Phi) is 3.99. The second kappa shape index (κ2) is 6.03. The first-order chi connectivity index (χ1) is 11.6. The quantitative estimate of drug-likeness (QED) is 0.851. The predicted molar refractivity (Wildman–Crippen MR) is 96.6 cm³/mol. The van der Waals surface area contributed by atoms with Crippen molar-refractivity contribution in [1.29, 1.82) is 0 Å². The van der Waals surface area contributed by atoms with Gasteiger partial charge in [0, 0.05) is 30.6 Å². The second-order valence-electron chi connectivity index (χ2n) is 7.73. The summed E-state index contributed by atoms with van der Waals surface area (Å²) in [7, 11) is 1.97. The van der Waals surface area contributed by atoms with Gasteiger partial charge in [0.15, 0.2) is 0 Å². The van der Waals surface area contributed by atoms with Crippen LogP contribution >= 0.6 is 0 Å². The first-order valence-electron chi connectivity index (χ1n) is 9.40. The zero-order valence-corrected chi connectivity index (χ0v) is 15.1. The van der Waals surface area contributed by atoms with Crippen molar-refractivity contribution in [3.63, 3.8) is 0 Å². The SMILES string of the molecule is CC(C)N1CCCC(n2c(=O)c3c(c4cnn(C)c42)CCCC3)C1. The van der Waals surface area contributed by atoms with Gasteiger partial charge in [-0.25, -0.2) is 0 Å². The summed E-state index contributed by atoms with van der Waals surface area (Å²) in [5, 5.41) is 5.70. The van der Waals surface area contributed by atoms with Crippen LogP contribution in [-0.4, -0.2) is 38.4 Å². The molecule has 5 nitrogen and oxygen atoms in total. The van der Waals surface area contributed by atoms with Gasteiger partial charge >= 0.3 is 0 Å². The number of aryl methyl sites for hydroxylation is 2. The van der Waals surface area contributed by atoms with E-state index in [1.165, 1.54) is 17.4 Å². The fourth-order valence-corrected chi connectivity index (χ4v) is 4.61. The number of fused-ring (bicyclic) bond motifs is 3. The van der Waals surface area contributed by atoms with Gasteiger partial charge in [0.1, 0.15) is 5.65 Å². The maximum atomic E-state index is 13.4. The summed E-state index contributed by atoms with van der Waals surface area (Å²) in [6, 6.07) is 0.793. The highest BCUT2D eigenvalue weighted by atomic mass is 16.1. The van der Waals surface area contributed by atoms with Crippen molar-refractivity contribution in [3.8, 4) is 0 Å². The Morgan fingerprint density at radius 2 is 1.92 bits per heavy atom. The molecule has 0 radical (unpaired) electrons. The molecule has 1 fully saturated rings. The standard InChI is InChI=1S/C19H28N4O/c1-13(2)22-10-6-7-14(12-22)23-18-17(11-20-21(18)3)15-8-4-5-9-16(15)19(23)24/h11,13-14H,4-10,12H2,1-3H3. The van der Waals surface area contributed by atoms with Gasteiger partial charge in [0.25, 0.3) is 5.56 Å². The Hall–Kier alpha value is -1.62. The maximum Gasteiger partial charge on any atom is 0.255 e. The lowest BCUT2D eigenvalue weighted by Crippen LogP contribution is -2.44. The zero-order valence-electron chi connectivity index (χ0n) is 15.1. The molecule has 24 heavy (non-hydrogen) atoms. The van der Waals surface area contributed by atoms with Crippen molar-refractivity contribution >= 4 is 11.0 Å². The molecule has 3 heterocycles. The van der Waals surface area contributed by atoms with Gasteiger partial charge < -0.3 is 0 Å². The maximum absolute atomic E-state index is 13.4. The van der Waals surface area contributed by atoms with E-state index in [-0.39, 0.29) is 11.6 Å². The average molecular weight is 328 g/mol. The average Bonchev–Trinajstić information content (AvgIpc) is 2.97. The summed E-state index contributed by atoms with van der Waals surface area (Å²) >= 11 is 0.